The maximum atomic E-state index is 3.17. The summed E-state index contributed by atoms with van der Waals surface area (Å²) in [6.45, 7) is 3.40. The van der Waals surface area contributed by atoms with Crippen molar-refractivity contribution in [3.05, 3.63) is 0 Å². The Bertz CT molecular complexity index is 81.6. The van der Waals surface area contributed by atoms with Crippen LogP contribution >= 0.6 is 0 Å². The predicted octanol–water partition coefficient (Wildman–Crippen LogP) is 1.33. The van der Waals surface area contributed by atoms with Gasteiger partial charge in [-0.3, -0.25) is 0 Å². The average molecular weight is 158 g/mol. The highest BCUT2D eigenvalue weighted by Crippen LogP contribution is 2.06. The first-order chi connectivity index (χ1) is 5.22. The molecule has 0 bridgehead atoms. The molecule has 0 aromatic heterocycles. The second kappa shape index (κ2) is 6.62. The number of nitrogens with zero attached hydrogens (tertiary/aromatic N) is 1. The van der Waals surface area contributed by atoms with Crippen LogP contribution in [0.4, 0.5) is 0 Å². The Kier molecular flexibility index (Phi) is 6.57. The largest absolute Gasteiger partial charge is 0.320 e. The molecule has 1 atom stereocenters. The van der Waals surface area contributed by atoms with E-state index in [1.54, 1.807) is 0 Å². The van der Waals surface area contributed by atoms with Crippen molar-refractivity contribution in [2.24, 2.45) is 0 Å². The summed E-state index contributed by atoms with van der Waals surface area (Å²) in [6.07, 6.45) is 3.86. The first-order valence-corrected chi connectivity index (χ1v) is 4.53. The lowest BCUT2D eigenvalue weighted by Crippen LogP contribution is -2.27. The molecule has 0 aromatic rings. The van der Waals surface area contributed by atoms with Crippen molar-refractivity contribution in [2.75, 3.05) is 27.7 Å². The van der Waals surface area contributed by atoms with Crippen LogP contribution in [0.3, 0.4) is 0 Å². The zero-order valence-electron chi connectivity index (χ0n) is 8.35. The van der Waals surface area contributed by atoms with E-state index in [4.69, 9.17) is 0 Å². The Balaban J connectivity index is 3.36. The van der Waals surface area contributed by atoms with Crippen LogP contribution in [0.1, 0.15) is 26.2 Å². The van der Waals surface area contributed by atoms with Gasteiger partial charge in [0, 0.05) is 6.04 Å². The molecule has 2 heteroatoms. The lowest BCUT2D eigenvalue weighted by Gasteiger charge is -2.22. The quantitative estimate of drug-likeness (QED) is 0.587. The van der Waals surface area contributed by atoms with Crippen LogP contribution in [0, 0.1) is 0 Å². The molecule has 0 spiro atoms. The third-order valence-electron chi connectivity index (χ3n) is 2.17. The first kappa shape index (κ1) is 10.9. The Morgan fingerprint density at radius 1 is 1.36 bits per heavy atom. The molecular weight excluding hydrogens is 136 g/mol. The van der Waals surface area contributed by atoms with Crippen molar-refractivity contribution in [1.82, 2.24) is 10.2 Å². The zero-order chi connectivity index (χ0) is 8.69. The standard InChI is InChI=1S/C9H22N2/c1-5-9(11(3)4)7-6-8-10-2/h9-10H,5-8H2,1-4H3/t9-/m0/s1. The normalized spacial score (nSPS) is 13.9. The average Bonchev–Trinajstić information content (AvgIpc) is 1.97. The molecular formula is C9H22N2. The van der Waals surface area contributed by atoms with Gasteiger partial charge in [0.15, 0.2) is 0 Å². The number of hydrogen-bond donors (Lipinski definition) is 1. The van der Waals surface area contributed by atoms with Gasteiger partial charge in [0.2, 0.25) is 0 Å². The molecule has 0 rings (SSSR count). The van der Waals surface area contributed by atoms with E-state index in [9.17, 15) is 0 Å². The third kappa shape index (κ3) is 5.22. The van der Waals surface area contributed by atoms with Gasteiger partial charge in [-0.25, -0.2) is 0 Å². The molecule has 0 heterocycles. The van der Waals surface area contributed by atoms with Crippen molar-refractivity contribution in [1.29, 1.82) is 0 Å². The summed E-state index contributed by atoms with van der Waals surface area (Å²) in [7, 11) is 6.33. The third-order valence-corrected chi connectivity index (χ3v) is 2.17. The van der Waals surface area contributed by atoms with Crippen molar-refractivity contribution in [2.45, 2.75) is 32.2 Å². The minimum absolute atomic E-state index is 0.767. The molecule has 0 radical (unpaired) electrons. The molecule has 1 N–H and O–H groups in total. The summed E-state index contributed by atoms with van der Waals surface area (Å²) in [5.74, 6) is 0. The summed E-state index contributed by atoms with van der Waals surface area (Å²) in [4.78, 5) is 2.32. The Morgan fingerprint density at radius 3 is 2.36 bits per heavy atom. The van der Waals surface area contributed by atoms with Gasteiger partial charge in [0.25, 0.3) is 0 Å². The van der Waals surface area contributed by atoms with E-state index in [1.807, 2.05) is 7.05 Å². The fourth-order valence-electron chi connectivity index (χ4n) is 1.34. The molecule has 0 saturated heterocycles. The summed E-state index contributed by atoms with van der Waals surface area (Å²) >= 11 is 0. The van der Waals surface area contributed by atoms with Crippen molar-refractivity contribution in [3.8, 4) is 0 Å². The van der Waals surface area contributed by atoms with E-state index in [0.29, 0.717) is 0 Å². The van der Waals surface area contributed by atoms with E-state index in [2.05, 4.69) is 31.2 Å². The van der Waals surface area contributed by atoms with E-state index in [0.717, 1.165) is 12.6 Å². The van der Waals surface area contributed by atoms with Gasteiger partial charge >= 0.3 is 0 Å². The monoisotopic (exact) mass is 158 g/mol. The van der Waals surface area contributed by atoms with Crippen molar-refractivity contribution in [3.63, 3.8) is 0 Å². The van der Waals surface area contributed by atoms with E-state index >= 15 is 0 Å². The SMILES string of the molecule is CC[C@@H](CCCNC)N(C)C. The molecule has 0 aromatic carbocycles. The van der Waals surface area contributed by atoms with Gasteiger partial charge in [-0.1, -0.05) is 6.92 Å². The maximum absolute atomic E-state index is 3.17. The van der Waals surface area contributed by atoms with Crippen molar-refractivity contribution >= 4 is 0 Å². The molecule has 0 amide bonds. The highest BCUT2D eigenvalue weighted by atomic mass is 15.1. The minimum atomic E-state index is 0.767. The fraction of sp³-hybridized carbons (Fsp3) is 1.00. The highest BCUT2D eigenvalue weighted by molar-refractivity contribution is 4.63. The zero-order valence-corrected chi connectivity index (χ0v) is 8.35. The maximum Gasteiger partial charge on any atom is 0.00870 e. The number of hydrogen-bond acceptors (Lipinski definition) is 2. The second-order valence-electron chi connectivity index (χ2n) is 3.27. The second-order valence-corrected chi connectivity index (χ2v) is 3.27. The molecule has 68 valence electrons. The van der Waals surface area contributed by atoms with Crippen LogP contribution in [0.15, 0.2) is 0 Å². The van der Waals surface area contributed by atoms with E-state index in [-0.39, 0.29) is 0 Å². The van der Waals surface area contributed by atoms with Crippen LogP contribution in [-0.2, 0) is 0 Å². The Labute approximate surface area is 71.0 Å². The van der Waals surface area contributed by atoms with Gasteiger partial charge in [-0.15, -0.1) is 0 Å². The summed E-state index contributed by atoms with van der Waals surface area (Å²) in [5.41, 5.74) is 0. The molecule has 0 aliphatic heterocycles. The molecule has 0 unspecified atom stereocenters. The van der Waals surface area contributed by atoms with Crippen LogP contribution < -0.4 is 5.32 Å². The van der Waals surface area contributed by atoms with Gasteiger partial charge in [-0.05, 0) is 47.0 Å². The van der Waals surface area contributed by atoms with Gasteiger partial charge in [-0.2, -0.15) is 0 Å². The fourth-order valence-corrected chi connectivity index (χ4v) is 1.34. The first-order valence-electron chi connectivity index (χ1n) is 4.53. The molecule has 0 saturated carbocycles. The van der Waals surface area contributed by atoms with Crippen LogP contribution in [0.2, 0.25) is 0 Å². The summed E-state index contributed by atoms with van der Waals surface area (Å²) in [5, 5.41) is 3.17. The summed E-state index contributed by atoms with van der Waals surface area (Å²) in [6, 6.07) is 0.767. The van der Waals surface area contributed by atoms with E-state index in [1.165, 1.54) is 19.3 Å². The molecule has 0 aliphatic carbocycles. The van der Waals surface area contributed by atoms with E-state index < -0.39 is 0 Å². The minimum Gasteiger partial charge on any atom is -0.320 e. The summed E-state index contributed by atoms with van der Waals surface area (Å²) < 4.78 is 0. The topological polar surface area (TPSA) is 15.3 Å². The van der Waals surface area contributed by atoms with Gasteiger partial charge < -0.3 is 10.2 Å². The Morgan fingerprint density at radius 2 is 2.00 bits per heavy atom. The molecule has 0 aliphatic rings. The van der Waals surface area contributed by atoms with Crippen LogP contribution in [0.25, 0.3) is 0 Å². The lowest BCUT2D eigenvalue weighted by molar-refractivity contribution is 0.266. The highest BCUT2D eigenvalue weighted by Gasteiger charge is 2.06. The van der Waals surface area contributed by atoms with Crippen molar-refractivity contribution < 1.29 is 0 Å². The predicted molar refractivity (Wildman–Crippen MR) is 50.9 cm³/mol. The lowest BCUT2D eigenvalue weighted by atomic mass is 10.1. The Hall–Kier alpha value is -0.0800. The van der Waals surface area contributed by atoms with Gasteiger partial charge in [0.1, 0.15) is 0 Å². The van der Waals surface area contributed by atoms with Gasteiger partial charge in [0.05, 0.1) is 0 Å². The van der Waals surface area contributed by atoms with Crippen LogP contribution in [-0.4, -0.2) is 38.6 Å². The molecule has 11 heavy (non-hydrogen) atoms. The molecule has 0 fully saturated rings. The number of nitrogens with one attached hydrogen (secondary N) is 1. The van der Waals surface area contributed by atoms with Crippen LogP contribution in [0.5, 0.6) is 0 Å². The number of rotatable bonds is 6. The smallest absolute Gasteiger partial charge is 0.00870 e. The molecule has 2 nitrogen and oxygen atoms in total.